The van der Waals surface area contributed by atoms with E-state index in [0.29, 0.717) is 0 Å². The van der Waals surface area contributed by atoms with Crippen LogP contribution in [-0.2, 0) is 0 Å². The Bertz CT molecular complexity index is 3270. The van der Waals surface area contributed by atoms with E-state index in [1.807, 2.05) is 0 Å². The van der Waals surface area contributed by atoms with Crippen molar-refractivity contribution in [1.82, 2.24) is 4.57 Å². The van der Waals surface area contributed by atoms with Crippen molar-refractivity contribution < 1.29 is 0 Å². The van der Waals surface area contributed by atoms with E-state index in [1.165, 1.54) is 76.7 Å². The Balaban J connectivity index is 1.11. The second-order valence-corrected chi connectivity index (χ2v) is 15.0. The van der Waals surface area contributed by atoms with Crippen LogP contribution in [0.5, 0.6) is 0 Å². The standard InChI is InChI=1S/C56H38N2/c1-3-14-39(15-4-1)42-30-33-47(34-31-42)57(48-22-11-21-45(37-48)40-16-5-2-6-17-40)49-23-13-24-50(38-49)58-53-27-10-9-25-52(53)56-54(58)35-32-43-20-12-26-51(55(43)56)46-29-28-41-18-7-8-19-44(41)36-46/h1-38H. The van der Waals surface area contributed by atoms with Gasteiger partial charge < -0.3 is 9.47 Å². The molecule has 2 heteroatoms. The topological polar surface area (TPSA) is 8.17 Å². The van der Waals surface area contributed by atoms with Crippen molar-refractivity contribution in [2.45, 2.75) is 0 Å². The molecule has 0 N–H and O–H groups in total. The van der Waals surface area contributed by atoms with E-state index in [2.05, 4.69) is 240 Å². The molecule has 0 amide bonds. The monoisotopic (exact) mass is 738 g/mol. The molecule has 2 nitrogen and oxygen atoms in total. The first-order valence-electron chi connectivity index (χ1n) is 19.9. The molecule has 0 bridgehead atoms. The van der Waals surface area contributed by atoms with Gasteiger partial charge in [0.25, 0.3) is 0 Å². The summed E-state index contributed by atoms with van der Waals surface area (Å²) in [5.41, 5.74) is 14.0. The Morgan fingerprint density at radius 1 is 0.293 bits per heavy atom. The molecule has 272 valence electrons. The van der Waals surface area contributed by atoms with Gasteiger partial charge in [-0.15, -0.1) is 0 Å². The molecule has 58 heavy (non-hydrogen) atoms. The summed E-state index contributed by atoms with van der Waals surface area (Å²) in [6.07, 6.45) is 0. The molecule has 0 aliphatic heterocycles. The van der Waals surface area contributed by atoms with Gasteiger partial charge in [0, 0.05) is 33.5 Å². The van der Waals surface area contributed by atoms with Crippen molar-refractivity contribution >= 4 is 60.4 Å². The van der Waals surface area contributed by atoms with Gasteiger partial charge in [0.05, 0.1) is 11.0 Å². The Morgan fingerprint density at radius 3 is 1.69 bits per heavy atom. The van der Waals surface area contributed by atoms with Crippen LogP contribution in [0.4, 0.5) is 17.1 Å². The summed E-state index contributed by atoms with van der Waals surface area (Å²) in [6.45, 7) is 0. The van der Waals surface area contributed by atoms with Crippen LogP contribution in [-0.4, -0.2) is 4.57 Å². The third-order valence-corrected chi connectivity index (χ3v) is 11.5. The van der Waals surface area contributed by atoms with Gasteiger partial charge in [-0.1, -0.05) is 170 Å². The predicted molar refractivity (Wildman–Crippen MR) is 247 cm³/mol. The third-order valence-electron chi connectivity index (χ3n) is 11.5. The lowest BCUT2D eigenvalue weighted by Gasteiger charge is -2.27. The molecular weight excluding hydrogens is 701 g/mol. The molecular formula is C56H38N2. The lowest BCUT2D eigenvalue weighted by atomic mass is 9.93. The van der Waals surface area contributed by atoms with Crippen molar-refractivity contribution in [1.29, 1.82) is 0 Å². The normalized spacial score (nSPS) is 11.4. The fourth-order valence-electron chi connectivity index (χ4n) is 8.82. The highest BCUT2D eigenvalue weighted by atomic mass is 15.1. The third kappa shape index (κ3) is 5.82. The Kier molecular flexibility index (Phi) is 8.19. The van der Waals surface area contributed by atoms with Gasteiger partial charge in [-0.05, 0) is 116 Å². The first-order valence-corrected chi connectivity index (χ1v) is 19.9. The van der Waals surface area contributed by atoms with E-state index in [9.17, 15) is 0 Å². The summed E-state index contributed by atoms with van der Waals surface area (Å²) < 4.78 is 2.45. The highest BCUT2D eigenvalue weighted by Crippen LogP contribution is 2.43. The zero-order chi connectivity index (χ0) is 38.4. The number of para-hydroxylation sites is 1. The highest BCUT2D eigenvalue weighted by Gasteiger charge is 2.20. The fourth-order valence-corrected chi connectivity index (χ4v) is 8.82. The Hall–Kier alpha value is -7.68. The van der Waals surface area contributed by atoms with Crippen LogP contribution in [0, 0.1) is 0 Å². The smallest absolute Gasteiger partial charge is 0.0547 e. The minimum atomic E-state index is 1.08. The number of anilines is 3. The van der Waals surface area contributed by atoms with E-state index >= 15 is 0 Å². The average molecular weight is 739 g/mol. The fraction of sp³-hybridized carbons (Fsp3) is 0. The molecule has 0 saturated carbocycles. The minimum absolute atomic E-state index is 1.08. The maximum absolute atomic E-state index is 2.45. The van der Waals surface area contributed by atoms with Crippen molar-refractivity contribution in [3.05, 3.63) is 231 Å². The van der Waals surface area contributed by atoms with Crippen molar-refractivity contribution in [2.24, 2.45) is 0 Å². The molecule has 0 saturated heterocycles. The largest absolute Gasteiger partial charge is 0.310 e. The molecule has 0 aliphatic rings. The summed E-state index contributed by atoms with van der Waals surface area (Å²) >= 11 is 0. The summed E-state index contributed by atoms with van der Waals surface area (Å²) in [7, 11) is 0. The summed E-state index contributed by atoms with van der Waals surface area (Å²) in [4.78, 5) is 2.38. The van der Waals surface area contributed by atoms with Gasteiger partial charge in [0.2, 0.25) is 0 Å². The molecule has 0 aliphatic carbocycles. The Morgan fingerprint density at radius 2 is 0.879 bits per heavy atom. The molecule has 11 rings (SSSR count). The van der Waals surface area contributed by atoms with Crippen LogP contribution < -0.4 is 4.90 Å². The summed E-state index contributed by atoms with van der Waals surface area (Å²) in [5, 5.41) is 7.52. The molecule has 1 aromatic heterocycles. The van der Waals surface area contributed by atoms with E-state index in [0.717, 1.165) is 22.7 Å². The van der Waals surface area contributed by atoms with Gasteiger partial charge in [0.1, 0.15) is 0 Å². The minimum Gasteiger partial charge on any atom is -0.310 e. The quantitative estimate of drug-likeness (QED) is 0.158. The highest BCUT2D eigenvalue weighted by molar-refractivity contribution is 6.25. The van der Waals surface area contributed by atoms with Crippen LogP contribution in [0.2, 0.25) is 0 Å². The molecule has 0 atom stereocenters. The molecule has 0 fully saturated rings. The second-order valence-electron chi connectivity index (χ2n) is 15.0. The first-order chi connectivity index (χ1) is 28.8. The van der Waals surface area contributed by atoms with Crippen LogP contribution in [0.1, 0.15) is 0 Å². The van der Waals surface area contributed by atoms with Crippen molar-refractivity contribution in [3.63, 3.8) is 0 Å². The van der Waals surface area contributed by atoms with Gasteiger partial charge >= 0.3 is 0 Å². The van der Waals surface area contributed by atoms with Crippen LogP contribution in [0.15, 0.2) is 231 Å². The van der Waals surface area contributed by atoms with Crippen molar-refractivity contribution in [3.8, 4) is 39.1 Å². The lowest BCUT2D eigenvalue weighted by molar-refractivity contribution is 1.17. The molecule has 11 aromatic rings. The van der Waals surface area contributed by atoms with E-state index in [4.69, 9.17) is 0 Å². The zero-order valence-electron chi connectivity index (χ0n) is 31.8. The number of benzene rings is 10. The molecule has 1 heterocycles. The summed E-state index contributed by atoms with van der Waals surface area (Å²) in [6, 6.07) is 83.7. The van der Waals surface area contributed by atoms with Gasteiger partial charge in [-0.25, -0.2) is 0 Å². The maximum Gasteiger partial charge on any atom is 0.0547 e. The van der Waals surface area contributed by atoms with Crippen LogP contribution >= 0.6 is 0 Å². The molecule has 0 radical (unpaired) electrons. The van der Waals surface area contributed by atoms with E-state index in [1.54, 1.807) is 0 Å². The molecule has 0 unspecified atom stereocenters. The SMILES string of the molecule is c1ccc(-c2ccc(N(c3cccc(-c4ccccc4)c3)c3cccc(-n4c5ccccc5c5c6c(-c7ccc8ccccc8c7)cccc6ccc54)c3)cc2)cc1. The number of rotatable bonds is 7. The Labute approximate surface area is 338 Å². The maximum atomic E-state index is 2.45. The number of hydrogen-bond donors (Lipinski definition) is 0. The number of fused-ring (bicyclic) bond motifs is 6. The number of nitrogens with zero attached hydrogens (tertiary/aromatic N) is 2. The van der Waals surface area contributed by atoms with Crippen LogP contribution in [0.25, 0.3) is 82.4 Å². The first kappa shape index (κ1) is 33.6. The predicted octanol–water partition coefficient (Wildman–Crippen LogP) is 15.6. The number of hydrogen-bond acceptors (Lipinski definition) is 1. The number of aromatic nitrogens is 1. The average Bonchev–Trinajstić information content (AvgIpc) is 3.64. The van der Waals surface area contributed by atoms with Gasteiger partial charge in [-0.3, -0.25) is 0 Å². The van der Waals surface area contributed by atoms with E-state index in [-0.39, 0.29) is 0 Å². The molecule has 0 spiro atoms. The zero-order valence-corrected chi connectivity index (χ0v) is 31.8. The van der Waals surface area contributed by atoms with Gasteiger partial charge in [0.15, 0.2) is 0 Å². The lowest BCUT2D eigenvalue weighted by Crippen LogP contribution is -2.10. The van der Waals surface area contributed by atoms with E-state index < -0.39 is 0 Å². The second kappa shape index (κ2) is 14.1. The van der Waals surface area contributed by atoms with Crippen LogP contribution in [0.3, 0.4) is 0 Å². The molecule has 10 aromatic carbocycles. The summed E-state index contributed by atoms with van der Waals surface area (Å²) in [5.74, 6) is 0. The van der Waals surface area contributed by atoms with Gasteiger partial charge in [-0.2, -0.15) is 0 Å². The van der Waals surface area contributed by atoms with Crippen molar-refractivity contribution in [2.75, 3.05) is 4.90 Å².